The first-order valence-corrected chi connectivity index (χ1v) is 16.2. The van der Waals surface area contributed by atoms with E-state index in [1.54, 1.807) is 25.4 Å². The largest absolute Gasteiger partial charge is 0.494 e. The first-order valence-electron chi connectivity index (χ1n) is 15.8. The lowest BCUT2D eigenvalue weighted by Gasteiger charge is -2.23. The van der Waals surface area contributed by atoms with E-state index in [1.807, 2.05) is 43.7 Å². The molecule has 2 aromatic carbocycles. The second-order valence-electron chi connectivity index (χ2n) is 12.6. The predicted octanol–water partition coefficient (Wildman–Crippen LogP) is 5.63. The lowest BCUT2D eigenvalue weighted by Crippen LogP contribution is -2.32. The molecule has 11 nitrogen and oxygen atoms in total. The van der Waals surface area contributed by atoms with Crippen LogP contribution in [-0.2, 0) is 30.2 Å². The third-order valence-corrected chi connectivity index (χ3v) is 10.0. The number of imidazole rings is 2. The number of fused-ring (bicyclic) bond motifs is 3. The van der Waals surface area contributed by atoms with E-state index in [-0.39, 0.29) is 0 Å². The normalized spacial score (nSPS) is 22.9. The number of piperidine rings is 1. The van der Waals surface area contributed by atoms with Crippen LogP contribution in [0, 0.1) is 11.8 Å². The minimum Gasteiger partial charge on any atom is -0.494 e. The fourth-order valence-electron chi connectivity index (χ4n) is 7.42. The molecule has 5 aromatic rings. The number of nitrogens with zero attached hydrogens (tertiary/aromatic N) is 6. The molecule has 242 valence electrons. The highest BCUT2D eigenvalue weighted by molar-refractivity contribution is 6.30. The summed E-state index contributed by atoms with van der Waals surface area (Å²) in [7, 11) is 2.98. The van der Waals surface area contributed by atoms with Crippen molar-refractivity contribution in [2.24, 2.45) is 11.8 Å². The summed E-state index contributed by atoms with van der Waals surface area (Å²) in [5.41, 5.74) is 4.88. The molecule has 1 saturated carbocycles. The number of rotatable bonds is 9. The maximum absolute atomic E-state index is 12.6. The molecule has 47 heavy (non-hydrogen) atoms. The first kappa shape index (κ1) is 29.8. The van der Waals surface area contributed by atoms with Crippen LogP contribution >= 0.6 is 11.6 Å². The molecular formula is C35H35ClN6O5. The Balaban J connectivity index is 1.05. The Kier molecular flexibility index (Phi) is 7.14. The summed E-state index contributed by atoms with van der Waals surface area (Å²) in [5, 5.41) is 0.567. The maximum Gasteiger partial charge on any atom is 0.338 e. The molecule has 12 heteroatoms. The Labute approximate surface area is 277 Å². The number of likely N-dealkylation sites (tertiary alicyclic amines) is 1. The SMILES string of the molecule is CCn1cncc1Cn1c(CN2C[C@@H]3[C@H](C2)[C@@H]3c2cccc3c2OC(C)(c2ccc(Cl)cn2)O3)nc2c(OC)cc(C(=O)OC)cc21. The number of ether oxygens (including phenoxy) is 4. The second kappa shape index (κ2) is 11.3. The molecule has 0 amide bonds. The van der Waals surface area contributed by atoms with Crippen molar-refractivity contribution in [3.63, 3.8) is 0 Å². The van der Waals surface area contributed by atoms with E-state index in [1.165, 1.54) is 12.7 Å². The second-order valence-corrected chi connectivity index (χ2v) is 13.0. The average Bonchev–Trinajstić information content (AvgIpc) is 3.57. The van der Waals surface area contributed by atoms with Gasteiger partial charge in [-0.3, -0.25) is 9.88 Å². The summed E-state index contributed by atoms with van der Waals surface area (Å²) in [5.74, 6) is 2.96. The molecule has 0 radical (unpaired) electrons. The molecule has 1 unspecified atom stereocenters. The Morgan fingerprint density at radius 1 is 1.09 bits per heavy atom. The maximum atomic E-state index is 12.6. The van der Waals surface area contributed by atoms with Crippen LogP contribution in [0.4, 0.5) is 0 Å². The van der Waals surface area contributed by atoms with Gasteiger partial charge in [-0.2, -0.15) is 0 Å². The van der Waals surface area contributed by atoms with Crippen molar-refractivity contribution >= 4 is 28.6 Å². The fourth-order valence-corrected chi connectivity index (χ4v) is 7.53. The van der Waals surface area contributed by atoms with Crippen molar-refractivity contribution in [1.29, 1.82) is 0 Å². The van der Waals surface area contributed by atoms with Crippen LogP contribution in [0.5, 0.6) is 17.2 Å². The summed E-state index contributed by atoms with van der Waals surface area (Å²) in [4.78, 5) is 29.0. The number of aromatic nitrogens is 5. The molecule has 2 aliphatic heterocycles. The summed E-state index contributed by atoms with van der Waals surface area (Å²) >= 11 is 6.08. The summed E-state index contributed by atoms with van der Waals surface area (Å²) in [6.45, 7) is 7.90. The molecule has 1 saturated heterocycles. The molecule has 8 rings (SSSR count). The van der Waals surface area contributed by atoms with E-state index < -0.39 is 11.8 Å². The smallest absolute Gasteiger partial charge is 0.338 e. The molecule has 4 atom stereocenters. The number of aryl methyl sites for hydroxylation is 1. The van der Waals surface area contributed by atoms with Gasteiger partial charge in [0.05, 0.1) is 55.4 Å². The zero-order valence-corrected chi connectivity index (χ0v) is 27.4. The zero-order chi connectivity index (χ0) is 32.4. The molecular weight excluding hydrogens is 620 g/mol. The Morgan fingerprint density at radius 2 is 1.91 bits per heavy atom. The number of carbonyl (C=O) groups excluding carboxylic acids is 1. The minimum atomic E-state index is -1.01. The van der Waals surface area contributed by atoms with Gasteiger partial charge in [-0.15, -0.1) is 0 Å². The molecule has 0 bridgehead atoms. The van der Waals surface area contributed by atoms with E-state index in [9.17, 15) is 4.79 Å². The molecule has 1 aliphatic carbocycles. The van der Waals surface area contributed by atoms with Crippen molar-refractivity contribution in [2.45, 2.75) is 45.2 Å². The van der Waals surface area contributed by atoms with Crippen LogP contribution in [0.25, 0.3) is 11.0 Å². The zero-order valence-electron chi connectivity index (χ0n) is 26.6. The van der Waals surface area contributed by atoms with Crippen molar-refractivity contribution in [1.82, 2.24) is 29.0 Å². The molecule has 0 spiro atoms. The van der Waals surface area contributed by atoms with Gasteiger partial charge in [-0.1, -0.05) is 23.7 Å². The van der Waals surface area contributed by atoms with Gasteiger partial charge in [-0.05, 0) is 55.0 Å². The molecule has 3 aromatic heterocycles. The van der Waals surface area contributed by atoms with Crippen molar-refractivity contribution in [3.8, 4) is 17.2 Å². The topological polar surface area (TPSA) is 106 Å². The number of benzene rings is 2. The quantitative estimate of drug-likeness (QED) is 0.187. The highest BCUT2D eigenvalue weighted by atomic mass is 35.5. The third kappa shape index (κ3) is 4.99. The third-order valence-electron chi connectivity index (χ3n) is 9.80. The highest BCUT2D eigenvalue weighted by Crippen LogP contribution is 2.62. The molecule has 5 heterocycles. The standard InChI is InChI=1S/C35H35ClN6O5/c1-5-41-19-37-14-22(41)15-42-26-11-20(34(43)45-4)12-28(44-3)32(26)39-30(42)18-40-16-24-25(17-40)31(24)23-7-6-8-27-33(23)47-35(2,46-27)29-10-9-21(36)13-38-29/h6-14,19,24-25,31H,5,15-18H2,1-4H3/t24-,25+,31-,35?. The van der Waals surface area contributed by atoms with Crippen molar-refractivity contribution < 1.29 is 23.7 Å². The number of methoxy groups -OCH3 is 2. The predicted molar refractivity (Wildman–Crippen MR) is 174 cm³/mol. The summed E-state index contributed by atoms with van der Waals surface area (Å²) in [6, 6.07) is 13.3. The monoisotopic (exact) mass is 654 g/mol. The van der Waals surface area contributed by atoms with Gasteiger partial charge in [0.2, 0.25) is 0 Å². The van der Waals surface area contributed by atoms with Crippen LogP contribution in [0.15, 0.2) is 61.2 Å². The van der Waals surface area contributed by atoms with Gasteiger partial charge in [-0.25, -0.2) is 14.8 Å². The highest BCUT2D eigenvalue weighted by Gasteiger charge is 2.58. The lowest BCUT2D eigenvalue weighted by molar-refractivity contribution is -0.0721. The van der Waals surface area contributed by atoms with Crippen LogP contribution in [-0.4, -0.2) is 62.3 Å². The summed E-state index contributed by atoms with van der Waals surface area (Å²) in [6.07, 6.45) is 5.33. The fraction of sp³-hybridized carbons (Fsp3) is 0.371. The van der Waals surface area contributed by atoms with Gasteiger partial charge in [0.15, 0.2) is 11.5 Å². The minimum absolute atomic E-state index is 0.394. The first-order chi connectivity index (χ1) is 22.8. The van der Waals surface area contributed by atoms with Crippen LogP contribution < -0.4 is 14.2 Å². The number of pyridine rings is 1. The Hall–Kier alpha value is -4.61. The van der Waals surface area contributed by atoms with Crippen LogP contribution in [0.3, 0.4) is 0 Å². The van der Waals surface area contributed by atoms with Crippen LogP contribution in [0.2, 0.25) is 5.02 Å². The number of hydrogen-bond acceptors (Lipinski definition) is 9. The van der Waals surface area contributed by atoms with E-state index >= 15 is 0 Å². The van der Waals surface area contributed by atoms with Crippen molar-refractivity contribution in [2.75, 3.05) is 27.3 Å². The van der Waals surface area contributed by atoms with Gasteiger partial charge in [0, 0.05) is 44.5 Å². The number of para-hydroxylation sites is 1. The molecule has 2 fully saturated rings. The Morgan fingerprint density at radius 3 is 2.64 bits per heavy atom. The van der Waals surface area contributed by atoms with Gasteiger partial charge >= 0.3 is 5.97 Å². The Bertz CT molecular complexity index is 2000. The number of halogens is 1. The average molecular weight is 655 g/mol. The lowest BCUT2D eigenvalue weighted by atomic mass is 10.0. The molecule has 3 aliphatic rings. The van der Waals surface area contributed by atoms with E-state index in [0.717, 1.165) is 53.7 Å². The molecule has 0 N–H and O–H groups in total. The van der Waals surface area contributed by atoms with Crippen molar-refractivity contribution in [3.05, 3.63) is 94.5 Å². The van der Waals surface area contributed by atoms with Gasteiger partial charge < -0.3 is 28.1 Å². The van der Waals surface area contributed by atoms with Gasteiger partial charge in [0.25, 0.3) is 5.79 Å². The van der Waals surface area contributed by atoms with E-state index in [0.29, 0.717) is 52.9 Å². The number of hydrogen-bond donors (Lipinski definition) is 0. The number of carbonyl (C=O) groups is 1. The van der Waals surface area contributed by atoms with E-state index in [2.05, 4.69) is 37.0 Å². The van der Waals surface area contributed by atoms with Gasteiger partial charge in [0.1, 0.15) is 22.8 Å². The van der Waals surface area contributed by atoms with Crippen LogP contribution in [0.1, 0.15) is 52.9 Å². The van der Waals surface area contributed by atoms with E-state index in [4.69, 9.17) is 35.5 Å². The summed E-state index contributed by atoms with van der Waals surface area (Å²) < 4.78 is 27.9. The number of esters is 1.